The number of hydrogen-bond donors (Lipinski definition) is 1. The molecule has 0 atom stereocenters. The van der Waals surface area contributed by atoms with Gasteiger partial charge in [0.1, 0.15) is 0 Å². The zero-order chi connectivity index (χ0) is 14.0. The van der Waals surface area contributed by atoms with Crippen LogP contribution in [-0.4, -0.2) is 48.9 Å². The van der Waals surface area contributed by atoms with Gasteiger partial charge in [-0.3, -0.25) is 4.79 Å². The van der Waals surface area contributed by atoms with Crippen molar-refractivity contribution in [3.63, 3.8) is 0 Å². The van der Waals surface area contributed by atoms with Gasteiger partial charge in [-0.05, 0) is 51.2 Å². The van der Waals surface area contributed by atoms with E-state index in [2.05, 4.69) is 11.9 Å². The molecular weight excluding hydrogens is 262 g/mol. The fraction of sp³-hybridized carbons (Fsp3) is 0.500. The second-order valence-corrected chi connectivity index (χ2v) is 5.62. The van der Waals surface area contributed by atoms with E-state index in [1.54, 1.807) is 18.2 Å². The number of carbonyl (C=O) groups is 1. The van der Waals surface area contributed by atoms with Gasteiger partial charge in [0.2, 0.25) is 0 Å². The molecule has 1 saturated heterocycles. The summed E-state index contributed by atoms with van der Waals surface area (Å²) in [4.78, 5) is 16.5. The van der Waals surface area contributed by atoms with Gasteiger partial charge in [-0.25, -0.2) is 0 Å². The van der Waals surface area contributed by atoms with Gasteiger partial charge in [0.25, 0.3) is 5.91 Å². The topological polar surface area (TPSA) is 49.6 Å². The molecule has 5 heteroatoms. The molecule has 4 nitrogen and oxygen atoms in total. The third kappa shape index (κ3) is 3.19. The number of likely N-dealkylation sites (tertiary alicyclic amines) is 1. The molecule has 2 rings (SSSR count). The maximum absolute atomic E-state index is 12.4. The number of rotatable bonds is 2. The molecule has 0 radical (unpaired) electrons. The van der Waals surface area contributed by atoms with E-state index < -0.39 is 0 Å². The molecule has 0 saturated carbocycles. The average Bonchev–Trinajstić information content (AvgIpc) is 2.38. The largest absolute Gasteiger partial charge is 0.398 e. The van der Waals surface area contributed by atoms with Crippen LogP contribution in [0.25, 0.3) is 0 Å². The summed E-state index contributed by atoms with van der Waals surface area (Å²) in [6, 6.07) is 5.31. The molecule has 1 heterocycles. The van der Waals surface area contributed by atoms with E-state index in [0.717, 1.165) is 25.9 Å². The first-order chi connectivity index (χ1) is 8.99. The van der Waals surface area contributed by atoms with Crippen molar-refractivity contribution in [2.45, 2.75) is 18.9 Å². The van der Waals surface area contributed by atoms with Crippen LogP contribution in [0.5, 0.6) is 0 Å². The van der Waals surface area contributed by atoms with E-state index in [4.69, 9.17) is 17.3 Å². The lowest BCUT2D eigenvalue weighted by atomic mass is 10.0. The summed E-state index contributed by atoms with van der Waals surface area (Å²) >= 11 is 5.86. The molecule has 104 valence electrons. The monoisotopic (exact) mass is 281 g/mol. The SMILES string of the molecule is CN1CCC(N(C)C(=O)c2ccc(Cl)cc2N)CC1. The summed E-state index contributed by atoms with van der Waals surface area (Å²) in [6.07, 6.45) is 2.01. The van der Waals surface area contributed by atoms with Crippen molar-refractivity contribution in [2.75, 3.05) is 32.9 Å². The zero-order valence-corrected chi connectivity index (χ0v) is 12.2. The molecule has 1 aliphatic rings. The standard InChI is InChI=1S/C14H20ClN3O/c1-17-7-5-11(6-8-17)18(2)14(19)12-4-3-10(15)9-13(12)16/h3-4,9,11H,5-8,16H2,1-2H3. The molecule has 0 unspecified atom stereocenters. The van der Waals surface area contributed by atoms with Crippen molar-refractivity contribution in [1.29, 1.82) is 0 Å². The molecule has 1 aromatic carbocycles. The summed E-state index contributed by atoms with van der Waals surface area (Å²) in [6.45, 7) is 2.05. The van der Waals surface area contributed by atoms with Crippen LogP contribution in [0.2, 0.25) is 5.02 Å². The molecule has 1 amide bonds. The molecule has 1 aromatic rings. The second kappa shape index (κ2) is 5.80. The minimum atomic E-state index is -0.0243. The summed E-state index contributed by atoms with van der Waals surface area (Å²) in [5.41, 5.74) is 6.85. The highest BCUT2D eigenvalue weighted by atomic mass is 35.5. The Morgan fingerprint density at radius 3 is 2.63 bits per heavy atom. The van der Waals surface area contributed by atoms with E-state index in [1.807, 2.05) is 11.9 Å². The molecule has 2 N–H and O–H groups in total. The van der Waals surface area contributed by atoms with Crippen molar-refractivity contribution in [3.8, 4) is 0 Å². The minimum Gasteiger partial charge on any atom is -0.398 e. The number of halogens is 1. The van der Waals surface area contributed by atoms with E-state index in [9.17, 15) is 4.79 Å². The minimum absolute atomic E-state index is 0.0243. The highest BCUT2D eigenvalue weighted by Crippen LogP contribution is 2.22. The van der Waals surface area contributed by atoms with E-state index in [-0.39, 0.29) is 5.91 Å². The fourth-order valence-corrected chi connectivity index (χ4v) is 2.65. The van der Waals surface area contributed by atoms with Crippen LogP contribution in [0.3, 0.4) is 0 Å². The van der Waals surface area contributed by atoms with Crippen molar-refractivity contribution in [1.82, 2.24) is 9.80 Å². The maximum Gasteiger partial charge on any atom is 0.255 e. The van der Waals surface area contributed by atoms with Gasteiger partial charge in [-0.1, -0.05) is 11.6 Å². The maximum atomic E-state index is 12.4. The van der Waals surface area contributed by atoms with Crippen molar-refractivity contribution < 1.29 is 4.79 Å². The highest BCUT2D eigenvalue weighted by molar-refractivity contribution is 6.31. The highest BCUT2D eigenvalue weighted by Gasteiger charge is 2.25. The number of nitrogen functional groups attached to an aromatic ring is 1. The zero-order valence-electron chi connectivity index (χ0n) is 11.4. The van der Waals surface area contributed by atoms with Crippen LogP contribution in [0.15, 0.2) is 18.2 Å². The van der Waals surface area contributed by atoms with Gasteiger partial charge < -0.3 is 15.5 Å². The van der Waals surface area contributed by atoms with Crippen molar-refractivity contribution >= 4 is 23.2 Å². The quantitative estimate of drug-likeness (QED) is 0.845. The molecule has 19 heavy (non-hydrogen) atoms. The van der Waals surface area contributed by atoms with Gasteiger partial charge in [0.15, 0.2) is 0 Å². The Morgan fingerprint density at radius 1 is 1.42 bits per heavy atom. The first kappa shape index (κ1) is 14.2. The number of nitrogens with zero attached hydrogens (tertiary/aromatic N) is 2. The molecule has 1 fully saturated rings. The van der Waals surface area contributed by atoms with E-state index >= 15 is 0 Å². The van der Waals surface area contributed by atoms with Crippen molar-refractivity contribution in [3.05, 3.63) is 28.8 Å². The van der Waals surface area contributed by atoms with E-state index in [0.29, 0.717) is 22.3 Å². The van der Waals surface area contributed by atoms with E-state index in [1.165, 1.54) is 0 Å². The van der Waals surface area contributed by atoms with Crippen LogP contribution in [-0.2, 0) is 0 Å². The fourth-order valence-electron chi connectivity index (χ4n) is 2.47. The first-order valence-corrected chi connectivity index (χ1v) is 6.87. The lowest BCUT2D eigenvalue weighted by Gasteiger charge is -2.35. The second-order valence-electron chi connectivity index (χ2n) is 5.18. The Hall–Kier alpha value is -1.26. The Balaban J connectivity index is 2.10. The average molecular weight is 282 g/mol. The number of piperidine rings is 1. The predicted octanol–water partition coefficient (Wildman–Crippen LogP) is 2.09. The van der Waals surface area contributed by atoms with Crippen LogP contribution in [0.4, 0.5) is 5.69 Å². The lowest BCUT2D eigenvalue weighted by Crippen LogP contribution is -2.44. The van der Waals surface area contributed by atoms with Crippen LogP contribution >= 0.6 is 11.6 Å². The number of nitrogens with two attached hydrogens (primary N) is 1. The lowest BCUT2D eigenvalue weighted by molar-refractivity contribution is 0.0660. The Labute approximate surface area is 119 Å². The number of anilines is 1. The van der Waals surface area contributed by atoms with Crippen LogP contribution < -0.4 is 5.73 Å². The molecule has 0 bridgehead atoms. The molecular formula is C14H20ClN3O. The Bertz CT molecular complexity index is 470. The Kier molecular flexibility index (Phi) is 4.32. The van der Waals surface area contributed by atoms with Crippen LogP contribution in [0, 0.1) is 0 Å². The third-order valence-corrected chi connectivity index (χ3v) is 4.04. The summed E-state index contributed by atoms with van der Waals surface area (Å²) in [5.74, 6) is -0.0243. The number of benzene rings is 1. The number of carbonyl (C=O) groups excluding carboxylic acids is 1. The first-order valence-electron chi connectivity index (χ1n) is 6.50. The smallest absolute Gasteiger partial charge is 0.255 e. The summed E-state index contributed by atoms with van der Waals surface area (Å²) in [5, 5.41) is 0.552. The van der Waals surface area contributed by atoms with Gasteiger partial charge >= 0.3 is 0 Å². The molecule has 1 aliphatic heterocycles. The summed E-state index contributed by atoms with van der Waals surface area (Å²) < 4.78 is 0. The molecule has 0 spiro atoms. The van der Waals surface area contributed by atoms with Gasteiger partial charge in [-0.2, -0.15) is 0 Å². The van der Waals surface area contributed by atoms with Gasteiger partial charge in [0.05, 0.1) is 5.56 Å². The predicted molar refractivity (Wildman–Crippen MR) is 78.5 cm³/mol. The number of amides is 1. The van der Waals surface area contributed by atoms with Gasteiger partial charge in [0, 0.05) is 23.8 Å². The normalized spacial score (nSPS) is 17.4. The number of hydrogen-bond acceptors (Lipinski definition) is 3. The third-order valence-electron chi connectivity index (χ3n) is 3.80. The molecule has 0 aliphatic carbocycles. The van der Waals surface area contributed by atoms with Crippen molar-refractivity contribution in [2.24, 2.45) is 0 Å². The Morgan fingerprint density at radius 2 is 2.05 bits per heavy atom. The summed E-state index contributed by atoms with van der Waals surface area (Å²) in [7, 11) is 3.96. The van der Waals surface area contributed by atoms with Crippen LogP contribution in [0.1, 0.15) is 23.2 Å². The van der Waals surface area contributed by atoms with Gasteiger partial charge in [-0.15, -0.1) is 0 Å². The molecule has 0 aromatic heterocycles.